The van der Waals surface area contributed by atoms with Crippen molar-refractivity contribution in [2.75, 3.05) is 20.1 Å². The largest absolute Gasteiger partial charge is 0.473 e. The zero-order valence-corrected chi connectivity index (χ0v) is 8.73. The van der Waals surface area contributed by atoms with Crippen LogP contribution in [-0.2, 0) is 0 Å². The molecular weight excluding hydrogens is 176 g/mol. The van der Waals surface area contributed by atoms with E-state index in [1.807, 2.05) is 12.1 Å². The van der Waals surface area contributed by atoms with Gasteiger partial charge in [-0.3, -0.25) is 0 Å². The minimum Gasteiger partial charge on any atom is -0.473 e. The van der Waals surface area contributed by atoms with Crippen molar-refractivity contribution in [1.82, 2.24) is 9.88 Å². The molecule has 1 aromatic heterocycles. The van der Waals surface area contributed by atoms with Crippen LogP contribution in [0.2, 0.25) is 0 Å². The van der Waals surface area contributed by atoms with E-state index in [1.165, 1.54) is 5.56 Å². The Kier molecular flexibility index (Phi) is 2.68. The summed E-state index contributed by atoms with van der Waals surface area (Å²) in [7, 11) is 2.12. The van der Waals surface area contributed by atoms with Crippen LogP contribution in [0.4, 0.5) is 0 Å². The fraction of sp³-hybridized carbons (Fsp3) is 0.545. The Morgan fingerprint density at radius 2 is 2.43 bits per heavy atom. The molecule has 1 fully saturated rings. The van der Waals surface area contributed by atoms with Gasteiger partial charge in [0.1, 0.15) is 6.10 Å². The lowest BCUT2D eigenvalue weighted by Gasteiger charge is -2.12. The Hall–Kier alpha value is -1.09. The van der Waals surface area contributed by atoms with Crippen LogP contribution in [0.5, 0.6) is 5.88 Å². The van der Waals surface area contributed by atoms with Gasteiger partial charge in [0.2, 0.25) is 5.88 Å². The Morgan fingerprint density at radius 1 is 1.57 bits per heavy atom. The Balaban J connectivity index is 1.97. The van der Waals surface area contributed by atoms with Crippen LogP contribution in [0.15, 0.2) is 18.3 Å². The molecule has 14 heavy (non-hydrogen) atoms. The Bertz CT molecular complexity index is 314. The second-order valence-corrected chi connectivity index (χ2v) is 3.96. The maximum Gasteiger partial charge on any atom is 0.213 e. The molecule has 1 aliphatic heterocycles. The fourth-order valence-electron chi connectivity index (χ4n) is 1.73. The molecule has 2 rings (SSSR count). The highest BCUT2D eigenvalue weighted by molar-refractivity contribution is 5.19. The number of rotatable bonds is 2. The van der Waals surface area contributed by atoms with Gasteiger partial charge < -0.3 is 9.64 Å². The highest BCUT2D eigenvalue weighted by Gasteiger charge is 2.21. The molecule has 0 radical (unpaired) electrons. The normalized spacial score (nSPS) is 22.6. The van der Waals surface area contributed by atoms with Crippen LogP contribution in [0.3, 0.4) is 0 Å². The maximum absolute atomic E-state index is 5.77. The van der Waals surface area contributed by atoms with Crippen molar-refractivity contribution in [2.24, 2.45) is 0 Å². The molecule has 1 unspecified atom stereocenters. The van der Waals surface area contributed by atoms with E-state index in [0.29, 0.717) is 6.10 Å². The molecule has 76 valence electrons. The number of nitrogens with zero attached hydrogens (tertiary/aromatic N) is 2. The summed E-state index contributed by atoms with van der Waals surface area (Å²) in [4.78, 5) is 6.47. The topological polar surface area (TPSA) is 25.4 Å². The standard InChI is InChI=1S/C11H16N2O/c1-9-3-5-12-11(7-9)14-10-4-6-13(2)8-10/h3,5,7,10H,4,6,8H2,1-2H3. The number of likely N-dealkylation sites (tertiary alicyclic amines) is 1. The second-order valence-electron chi connectivity index (χ2n) is 3.96. The summed E-state index contributed by atoms with van der Waals surface area (Å²) in [5.74, 6) is 0.755. The van der Waals surface area contributed by atoms with E-state index in [9.17, 15) is 0 Å². The van der Waals surface area contributed by atoms with Crippen molar-refractivity contribution in [1.29, 1.82) is 0 Å². The highest BCUT2D eigenvalue weighted by atomic mass is 16.5. The van der Waals surface area contributed by atoms with E-state index in [1.54, 1.807) is 6.20 Å². The molecule has 0 saturated carbocycles. The zero-order chi connectivity index (χ0) is 9.97. The number of ether oxygens (including phenoxy) is 1. The number of hydrogen-bond acceptors (Lipinski definition) is 3. The van der Waals surface area contributed by atoms with E-state index in [2.05, 4.69) is 23.9 Å². The lowest BCUT2D eigenvalue weighted by molar-refractivity contribution is 0.200. The monoisotopic (exact) mass is 192 g/mol. The van der Waals surface area contributed by atoms with Crippen molar-refractivity contribution in [3.05, 3.63) is 23.9 Å². The Morgan fingerprint density at radius 3 is 3.07 bits per heavy atom. The molecule has 2 heterocycles. The van der Waals surface area contributed by atoms with Gasteiger partial charge >= 0.3 is 0 Å². The SMILES string of the molecule is Cc1ccnc(OC2CCN(C)C2)c1. The van der Waals surface area contributed by atoms with Crippen LogP contribution in [-0.4, -0.2) is 36.1 Å². The van der Waals surface area contributed by atoms with Crippen molar-refractivity contribution >= 4 is 0 Å². The van der Waals surface area contributed by atoms with Gasteiger partial charge in [0.15, 0.2) is 0 Å². The average Bonchev–Trinajstić information content (AvgIpc) is 2.51. The van der Waals surface area contributed by atoms with E-state index in [0.717, 1.165) is 25.4 Å². The van der Waals surface area contributed by atoms with Crippen LogP contribution in [0, 0.1) is 6.92 Å². The van der Waals surface area contributed by atoms with Crippen molar-refractivity contribution in [3.63, 3.8) is 0 Å². The maximum atomic E-state index is 5.77. The summed E-state index contributed by atoms with van der Waals surface area (Å²) in [6.45, 7) is 4.18. The number of hydrogen-bond donors (Lipinski definition) is 0. The van der Waals surface area contributed by atoms with Gasteiger partial charge in [0, 0.05) is 25.4 Å². The van der Waals surface area contributed by atoms with E-state index < -0.39 is 0 Å². The third-order valence-corrected chi connectivity index (χ3v) is 2.53. The summed E-state index contributed by atoms with van der Waals surface area (Å²) in [6, 6.07) is 3.96. The molecule has 1 aliphatic rings. The highest BCUT2D eigenvalue weighted by Crippen LogP contribution is 2.15. The minimum absolute atomic E-state index is 0.314. The van der Waals surface area contributed by atoms with Gasteiger partial charge in [-0.15, -0.1) is 0 Å². The van der Waals surface area contributed by atoms with Crippen LogP contribution >= 0.6 is 0 Å². The van der Waals surface area contributed by atoms with Gasteiger partial charge in [0.05, 0.1) is 0 Å². The van der Waals surface area contributed by atoms with Gasteiger partial charge in [-0.05, 0) is 32.0 Å². The first kappa shape index (κ1) is 9.46. The van der Waals surface area contributed by atoms with Gasteiger partial charge in [-0.1, -0.05) is 0 Å². The van der Waals surface area contributed by atoms with Crippen molar-refractivity contribution in [3.8, 4) is 5.88 Å². The molecule has 0 spiro atoms. The van der Waals surface area contributed by atoms with Crippen molar-refractivity contribution < 1.29 is 4.74 Å². The smallest absolute Gasteiger partial charge is 0.213 e. The van der Waals surface area contributed by atoms with Gasteiger partial charge in [0.25, 0.3) is 0 Å². The summed E-state index contributed by atoms with van der Waals surface area (Å²) < 4.78 is 5.77. The predicted molar refractivity (Wildman–Crippen MR) is 55.5 cm³/mol. The van der Waals surface area contributed by atoms with Crippen LogP contribution < -0.4 is 4.74 Å². The average molecular weight is 192 g/mol. The first-order valence-corrected chi connectivity index (χ1v) is 5.02. The summed E-state index contributed by atoms with van der Waals surface area (Å²) in [5, 5.41) is 0. The van der Waals surface area contributed by atoms with Crippen LogP contribution in [0.25, 0.3) is 0 Å². The molecular formula is C11H16N2O. The summed E-state index contributed by atoms with van der Waals surface area (Å²) in [5.41, 5.74) is 1.20. The quantitative estimate of drug-likeness (QED) is 0.709. The molecule has 3 heteroatoms. The van der Waals surface area contributed by atoms with Gasteiger partial charge in [-0.2, -0.15) is 0 Å². The molecule has 0 bridgehead atoms. The molecule has 0 N–H and O–H groups in total. The molecule has 3 nitrogen and oxygen atoms in total. The second kappa shape index (κ2) is 3.96. The van der Waals surface area contributed by atoms with Crippen molar-refractivity contribution in [2.45, 2.75) is 19.4 Å². The fourth-order valence-corrected chi connectivity index (χ4v) is 1.73. The molecule has 1 aromatic rings. The number of likely N-dealkylation sites (N-methyl/N-ethyl adjacent to an activating group) is 1. The predicted octanol–water partition coefficient (Wildman–Crippen LogP) is 1.47. The third-order valence-electron chi connectivity index (χ3n) is 2.53. The van der Waals surface area contributed by atoms with E-state index in [-0.39, 0.29) is 0 Å². The van der Waals surface area contributed by atoms with E-state index >= 15 is 0 Å². The molecule has 1 saturated heterocycles. The third kappa shape index (κ3) is 2.23. The molecule has 0 aromatic carbocycles. The lowest BCUT2D eigenvalue weighted by Crippen LogP contribution is -2.21. The molecule has 1 atom stereocenters. The molecule has 0 aliphatic carbocycles. The first-order chi connectivity index (χ1) is 6.74. The summed E-state index contributed by atoms with van der Waals surface area (Å²) in [6.07, 6.45) is 3.21. The number of pyridine rings is 1. The zero-order valence-electron chi connectivity index (χ0n) is 8.73. The lowest BCUT2D eigenvalue weighted by atomic mass is 10.3. The minimum atomic E-state index is 0.314. The van der Waals surface area contributed by atoms with E-state index in [4.69, 9.17) is 4.74 Å². The first-order valence-electron chi connectivity index (χ1n) is 5.02. The number of aryl methyl sites for hydroxylation is 1. The van der Waals surface area contributed by atoms with Gasteiger partial charge in [-0.25, -0.2) is 4.98 Å². The Labute approximate surface area is 84.7 Å². The summed E-state index contributed by atoms with van der Waals surface area (Å²) >= 11 is 0. The van der Waals surface area contributed by atoms with Crippen LogP contribution in [0.1, 0.15) is 12.0 Å². The molecule has 0 amide bonds. The number of aromatic nitrogens is 1.